The molecule has 0 saturated heterocycles. The number of rotatable bonds is 7. The Morgan fingerprint density at radius 2 is 2.00 bits per heavy atom. The van der Waals surface area contributed by atoms with Crippen molar-refractivity contribution in [1.82, 2.24) is 4.98 Å². The number of nitrogens with zero attached hydrogens (tertiary/aromatic N) is 1. The molecule has 112 valence electrons. The van der Waals surface area contributed by atoms with Gasteiger partial charge in [0.2, 0.25) is 0 Å². The Morgan fingerprint density at radius 1 is 1.35 bits per heavy atom. The Bertz CT molecular complexity index is 483. The van der Waals surface area contributed by atoms with E-state index in [9.17, 15) is 9.59 Å². The number of ketones is 1. The van der Waals surface area contributed by atoms with Crippen molar-refractivity contribution in [1.29, 1.82) is 0 Å². The second kappa shape index (κ2) is 7.38. The zero-order valence-electron chi connectivity index (χ0n) is 12.6. The number of aromatic nitrogens is 1. The lowest BCUT2D eigenvalue weighted by atomic mass is 10.0. The van der Waals surface area contributed by atoms with Crippen LogP contribution >= 0.6 is 11.3 Å². The fourth-order valence-corrected chi connectivity index (χ4v) is 2.77. The lowest BCUT2D eigenvalue weighted by molar-refractivity contribution is 0.0517. The highest BCUT2D eigenvalue weighted by molar-refractivity contribution is 7.17. The minimum Gasteiger partial charge on any atom is -0.461 e. The summed E-state index contributed by atoms with van der Waals surface area (Å²) in [5.41, 5.74) is 0.116. The van der Waals surface area contributed by atoms with Crippen LogP contribution in [0.2, 0.25) is 0 Å². The van der Waals surface area contributed by atoms with Crippen LogP contribution in [0.5, 0.6) is 0 Å². The van der Waals surface area contributed by atoms with Gasteiger partial charge >= 0.3 is 5.97 Å². The summed E-state index contributed by atoms with van der Waals surface area (Å²) in [4.78, 5) is 28.0. The Labute approximate surface area is 123 Å². The van der Waals surface area contributed by atoms with Gasteiger partial charge in [0.15, 0.2) is 16.6 Å². The molecule has 1 aromatic rings. The van der Waals surface area contributed by atoms with Crippen LogP contribution in [0.3, 0.4) is 0 Å². The van der Waals surface area contributed by atoms with Gasteiger partial charge in [0.1, 0.15) is 4.88 Å². The molecular weight excluding hydrogens is 276 g/mol. The highest BCUT2D eigenvalue weighted by Crippen LogP contribution is 2.26. The molecule has 0 aromatic carbocycles. The summed E-state index contributed by atoms with van der Waals surface area (Å²) in [5.74, 6) is -0.272. The molecule has 0 bridgehead atoms. The molecule has 0 radical (unpaired) electrons. The van der Waals surface area contributed by atoms with Gasteiger partial charge in [0.05, 0.1) is 6.61 Å². The summed E-state index contributed by atoms with van der Waals surface area (Å²) in [6, 6.07) is 0.260. The molecule has 1 rings (SSSR count). The minimum absolute atomic E-state index is 0.116. The maximum Gasteiger partial charge on any atom is 0.358 e. The molecule has 0 saturated carbocycles. The summed E-state index contributed by atoms with van der Waals surface area (Å²) in [7, 11) is 0. The van der Waals surface area contributed by atoms with Crippen molar-refractivity contribution in [3.05, 3.63) is 10.6 Å². The fraction of sp³-hybridized carbons (Fsp3) is 0.643. The molecule has 5 nitrogen and oxygen atoms in total. The van der Waals surface area contributed by atoms with Crippen molar-refractivity contribution < 1.29 is 14.3 Å². The van der Waals surface area contributed by atoms with E-state index in [0.29, 0.717) is 15.9 Å². The quantitative estimate of drug-likeness (QED) is 0.617. The van der Waals surface area contributed by atoms with E-state index >= 15 is 0 Å². The Balaban J connectivity index is 3.03. The molecule has 1 unspecified atom stereocenters. The van der Waals surface area contributed by atoms with Crippen molar-refractivity contribution in [2.45, 2.75) is 47.1 Å². The van der Waals surface area contributed by atoms with Crippen molar-refractivity contribution >= 4 is 28.2 Å². The first kappa shape index (κ1) is 16.6. The third-order valence-electron chi connectivity index (χ3n) is 2.97. The van der Waals surface area contributed by atoms with Crippen LogP contribution in [0.4, 0.5) is 5.13 Å². The number of nitrogens with one attached hydrogen (secondary N) is 1. The standard InChI is InChI=1S/C14H22N2O3S/c1-6-10(8(3)4)15-14-16-11(13(18)19-7-2)12(20-14)9(5)17/h8,10H,6-7H2,1-5H3,(H,15,16). The Kier molecular flexibility index (Phi) is 6.13. The maximum atomic E-state index is 11.8. The van der Waals surface area contributed by atoms with Gasteiger partial charge in [0, 0.05) is 13.0 Å². The van der Waals surface area contributed by atoms with E-state index in [-0.39, 0.29) is 24.1 Å². The minimum atomic E-state index is -0.542. The smallest absolute Gasteiger partial charge is 0.358 e. The molecule has 1 heterocycles. The number of anilines is 1. The van der Waals surface area contributed by atoms with Gasteiger partial charge in [0.25, 0.3) is 0 Å². The van der Waals surface area contributed by atoms with Gasteiger partial charge in [-0.2, -0.15) is 0 Å². The van der Waals surface area contributed by atoms with E-state index in [1.165, 1.54) is 18.3 Å². The highest BCUT2D eigenvalue weighted by atomic mass is 32.1. The number of carbonyl (C=O) groups is 2. The third-order valence-corrected chi connectivity index (χ3v) is 4.06. The Morgan fingerprint density at radius 3 is 2.45 bits per heavy atom. The normalized spacial score (nSPS) is 12.3. The summed E-state index contributed by atoms with van der Waals surface area (Å²) < 4.78 is 4.94. The van der Waals surface area contributed by atoms with Crippen LogP contribution < -0.4 is 5.32 Å². The van der Waals surface area contributed by atoms with Crippen molar-refractivity contribution in [3.63, 3.8) is 0 Å². The molecule has 1 atom stereocenters. The number of esters is 1. The van der Waals surface area contributed by atoms with E-state index in [0.717, 1.165) is 6.42 Å². The van der Waals surface area contributed by atoms with Crippen LogP contribution in [0.1, 0.15) is 61.2 Å². The molecule has 0 fully saturated rings. The molecule has 0 aliphatic carbocycles. The van der Waals surface area contributed by atoms with Gasteiger partial charge in [-0.1, -0.05) is 32.1 Å². The number of Topliss-reactive ketones (excluding diaryl/α,β-unsaturated/α-hetero) is 1. The second-order valence-electron chi connectivity index (χ2n) is 4.88. The first-order valence-corrected chi connectivity index (χ1v) is 7.67. The lowest BCUT2D eigenvalue weighted by Gasteiger charge is -2.19. The summed E-state index contributed by atoms with van der Waals surface area (Å²) in [5, 5.41) is 3.88. The zero-order chi connectivity index (χ0) is 15.3. The first-order chi connectivity index (χ1) is 9.40. The molecule has 0 aliphatic heterocycles. The van der Waals surface area contributed by atoms with Gasteiger partial charge in [-0.25, -0.2) is 9.78 Å². The molecule has 6 heteroatoms. The lowest BCUT2D eigenvalue weighted by Crippen LogP contribution is -2.24. The second-order valence-corrected chi connectivity index (χ2v) is 5.88. The number of hydrogen-bond acceptors (Lipinski definition) is 6. The average Bonchev–Trinajstić information content (AvgIpc) is 2.80. The summed E-state index contributed by atoms with van der Waals surface area (Å²) >= 11 is 1.21. The van der Waals surface area contributed by atoms with E-state index in [1.54, 1.807) is 6.92 Å². The van der Waals surface area contributed by atoms with Crippen LogP contribution in [-0.4, -0.2) is 29.4 Å². The zero-order valence-corrected chi connectivity index (χ0v) is 13.5. The summed E-state index contributed by atoms with van der Waals surface area (Å²) in [6.07, 6.45) is 0.946. The molecule has 20 heavy (non-hydrogen) atoms. The molecule has 0 aliphatic rings. The predicted octanol–water partition coefficient (Wildman–Crippen LogP) is 3.37. The third kappa shape index (κ3) is 4.03. The maximum absolute atomic E-state index is 11.8. The molecule has 0 amide bonds. The van der Waals surface area contributed by atoms with E-state index in [4.69, 9.17) is 4.74 Å². The summed E-state index contributed by atoms with van der Waals surface area (Å²) in [6.45, 7) is 9.74. The highest BCUT2D eigenvalue weighted by Gasteiger charge is 2.23. The molecule has 1 N–H and O–H groups in total. The van der Waals surface area contributed by atoms with Gasteiger partial charge in [-0.3, -0.25) is 4.79 Å². The van der Waals surface area contributed by atoms with Crippen LogP contribution in [0.15, 0.2) is 0 Å². The Hall–Kier alpha value is -1.43. The molecular formula is C14H22N2O3S. The number of carbonyl (C=O) groups excluding carboxylic acids is 2. The predicted molar refractivity (Wildman–Crippen MR) is 80.6 cm³/mol. The van der Waals surface area contributed by atoms with E-state index < -0.39 is 5.97 Å². The largest absolute Gasteiger partial charge is 0.461 e. The SMILES string of the molecule is CCOC(=O)c1nc(NC(CC)C(C)C)sc1C(C)=O. The first-order valence-electron chi connectivity index (χ1n) is 6.86. The average molecular weight is 298 g/mol. The van der Waals surface area contributed by atoms with Gasteiger partial charge in [-0.15, -0.1) is 0 Å². The number of thiazole rings is 1. The molecule has 1 aromatic heterocycles. The van der Waals surface area contributed by atoms with Crippen molar-refractivity contribution in [3.8, 4) is 0 Å². The molecule has 0 spiro atoms. The number of hydrogen-bond donors (Lipinski definition) is 1. The van der Waals surface area contributed by atoms with E-state index in [1.807, 2.05) is 0 Å². The van der Waals surface area contributed by atoms with Gasteiger partial charge in [-0.05, 0) is 19.3 Å². The van der Waals surface area contributed by atoms with E-state index in [2.05, 4.69) is 31.1 Å². The van der Waals surface area contributed by atoms with Crippen LogP contribution in [0.25, 0.3) is 0 Å². The van der Waals surface area contributed by atoms with Crippen molar-refractivity contribution in [2.75, 3.05) is 11.9 Å². The van der Waals surface area contributed by atoms with Crippen LogP contribution in [0, 0.1) is 5.92 Å². The number of ether oxygens (including phenoxy) is 1. The van der Waals surface area contributed by atoms with Crippen molar-refractivity contribution in [2.24, 2.45) is 5.92 Å². The fourth-order valence-electron chi connectivity index (χ4n) is 1.86. The van der Waals surface area contributed by atoms with Crippen LogP contribution in [-0.2, 0) is 4.74 Å². The monoisotopic (exact) mass is 298 g/mol. The van der Waals surface area contributed by atoms with Gasteiger partial charge < -0.3 is 10.1 Å². The topological polar surface area (TPSA) is 68.3 Å².